The van der Waals surface area contributed by atoms with Crippen molar-refractivity contribution < 1.29 is 36.6 Å². The van der Waals surface area contributed by atoms with Crippen molar-refractivity contribution in [2.45, 2.75) is 25.6 Å². The highest BCUT2D eigenvalue weighted by Crippen LogP contribution is 2.30. The molecule has 41 heavy (non-hydrogen) atoms. The predicted molar refractivity (Wildman–Crippen MR) is 137 cm³/mol. The summed E-state index contributed by atoms with van der Waals surface area (Å²) in [6, 6.07) is 11.1. The Morgan fingerprint density at radius 2 is 1.78 bits per heavy atom. The van der Waals surface area contributed by atoms with Crippen LogP contribution in [0.4, 0.5) is 32.4 Å². The number of carbonyl (C=O) groups is 2. The van der Waals surface area contributed by atoms with Gasteiger partial charge in [-0.05, 0) is 60.4 Å². The molecule has 5 rings (SSSR count). The van der Waals surface area contributed by atoms with E-state index in [9.17, 15) is 26.7 Å². The van der Waals surface area contributed by atoms with E-state index in [1.54, 1.807) is 41.3 Å². The molecule has 2 aromatic carbocycles. The molecule has 2 aromatic heterocycles. The number of rotatable bonds is 2. The number of carboxylic acid groups (broad SMARTS) is 1. The number of anilines is 1. The average molecular weight is 570 g/mol. The number of aliphatic carboxylic acids is 1. The summed E-state index contributed by atoms with van der Waals surface area (Å²) >= 11 is 0. The molecule has 9 nitrogen and oxygen atoms in total. The van der Waals surface area contributed by atoms with Gasteiger partial charge < -0.3 is 10.4 Å². The number of amides is 2. The van der Waals surface area contributed by atoms with E-state index in [1.807, 2.05) is 19.1 Å². The van der Waals surface area contributed by atoms with Crippen molar-refractivity contribution in [3.05, 3.63) is 94.9 Å². The van der Waals surface area contributed by atoms with Crippen molar-refractivity contribution in [2.75, 3.05) is 5.32 Å². The number of benzene rings is 2. The van der Waals surface area contributed by atoms with Crippen LogP contribution in [0.3, 0.4) is 0 Å². The molecule has 3 heterocycles. The van der Waals surface area contributed by atoms with Gasteiger partial charge in [-0.3, -0.25) is 0 Å². The number of alkyl halides is 3. The minimum absolute atomic E-state index is 0.335. The summed E-state index contributed by atoms with van der Waals surface area (Å²) in [4.78, 5) is 26.1. The highest BCUT2D eigenvalue weighted by atomic mass is 19.4. The maximum atomic E-state index is 13.7. The smallest absolute Gasteiger partial charge is 0.475 e. The lowest BCUT2D eigenvalue weighted by Gasteiger charge is -2.22. The standard InChI is InChI=1S/C25H18F2N6O.C2HF3O2/c1-16-4-6-21(13-17(16)5-7-22-15-28-24-3-2-9-29-32(22)24)31-25(34)33-23(8-10-30-33)18-11-19(26)14-20(27)12-18;3-2(4,5)1(6)7/h2-4,6,9-15,23H,8H2,1H3,(H,31,34);(H,6,7)/t23-;/m1./s1. The van der Waals surface area contributed by atoms with Gasteiger partial charge in [-0.25, -0.2) is 32.9 Å². The summed E-state index contributed by atoms with van der Waals surface area (Å²) in [5, 5.41) is 19.4. The van der Waals surface area contributed by atoms with Gasteiger partial charge in [-0.15, -0.1) is 0 Å². The molecule has 1 atom stereocenters. The lowest BCUT2D eigenvalue weighted by Crippen LogP contribution is -2.31. The molecule has 2 N–H and O–H groups in total. The van der Waals surface area contributed by atoms with Crippen LogP contribution < -0.4 is 5.32 Å². The van der Waals surface area contributed by atoms with Crippen molar-refractivity contribution in [2.24, 2.45) is 5.10 Å². The Balaban J connectivity index is 0.000000493. The van der Waals surface area contributed by atoms with Crippen molar-refractivity contribution in [1.29, 1.82) is 0 Å². The highest BCUT2D eigenvalue weighted by Gasteiger charge is 2.38. The molecular formula is C27H19F5N6O3. The van der Waals surface area contributed by atoms with Crippen LogP contribution in [0.25, 0.3) is 5.65 Å². The summed E-state index contributed by atoms with van der Waals surface area (Å²) in [6.07, 6.45) is 0.127. The average Bonchev–Trinajstić information content (AvgIpc) is 3.56. The van der Waals surface area contributed by atoms with Crippen LogP contribution >= 0.6 is 0 Å². The number of nitrogens with one attached hydrogen (secondary N) is 1. The molecule has 0 saturated heterocycles. The zero-order chi connectivity index (χ0) is 29.7. The predicted octanol–water partition coefficient (Wildman–Crippen LogP) is 5.31. The summed E-state index contributed by atoms with van der Waals surface area (Å²) in [6.45, 7) is 1.92. The van der Waals surface area contributed by atoms with E-state index in [1.165, 1.54) is 17.1 Å². The summed E-state index contributed by atoms with van der Waals surface area (Å²) in [5.41, 5.74) is 3.84. The lowest BCUT2D eigenvalue weighted by molar-refractivity contribution is -0.192. The molecule has 2 amide bonds. The second-order valence-corrected chi connectivity index (χ2v) is 8.55. The van der Waals surface area contributed by atoms with Gasteiger partial charge in [0.2, 0.25) is 0 Å². The number of carboxylic acids is 1. The molecule has 4 aromatic rings. The van der Waals surface area contributed by atoms with Crippen LogP contribution in [0.1, 0.15) is 34.8 Å². The number of hydrazone groups is 1. The van der Waals surface area contributed by atoms with Crippen LogP contribution in [-0.4, -0.2) is 49.1 Å². The number of nitrogens with zero attached hydrogens (tertiary/aromatic N) is 5. The van der Waals surface area contributed by atoms with Crippen LogP contribution in [0.5, 0.6) is 0 Å². The van der Waals surface area contributed by atoms with E-state index >= 15 is 0 Å². The number of hydrogen-bond donors (Lipinski definition) is 2. The fourth-order valence-corrected chi connectivity index (χ4v) is 3.72. The van der Waals surface area contributed by atoms with Crippen LogP contribution in [0.15, 0.2) is 66.0 Å². The van der Waals surface area contributed by atoms with Crippen molar-refractivity contribution in [1.82, 2.24) is 19.6 Å². The van der Waals surface area contributed by atoms with Crippen LogP contribution in [0, 0.1) is 30.4 Å². The van der Waals surface area contributed by atoms with E-state index in [0.717, 1.165) is 17.2 Å². The first-order valence-electron chi connectivity index (χ1n) is 11.7. The Bertz CT molecular complexity index is 1690. The molecule has 0 unspecified atom stereocenters. The molecule has 14 heteroatoms. The molecule has 1 aliphatic heterocycles. The third-order valence-corrected chi connectivity index (χ3v) is 5.64. The van der Waals surface area contributed by atoms with Crippen molar-refractivity contribution in [3.8, 4) is 11.8 Å². The maximum absolute atomic E-state index is 13.7. The zero-order valence-electron chi connectivity index (χ0n) is 21.0. The van der Waals surface area contributed by atoms with Gasteiger partial charge in [-0.2, -0.15) is 23.4 Å². The van der Waals surface area contributed by atoms with Gasteiger partial charge >= 0.3 is 18.2 Å². The molecule has 0 bridgehead atoms. The summed E-state index contributed by atoms with van der Waals surface area (Å²) in [5.74, 6) is 2.01. The molecule has 0 fully saturated rings. The lowest BCUT2D eigenvalue weighted by atomic mass is 10.0. The topological polar surface area (TPSA) is 112 Å². The van der Waals surface area contributed by atoms with E-state index in [-0.39, 0.29) is 0 Å². The Hall–Kier alpha value is -5.32. The van der Waals surface area contributed by atoms with Gasteiger partial charge in [0.25, 0.3) is 0 Å². The van der Waals surface area contributed by atoms with E-state index in [0.29, 0.717) is 29.0 Å². The first-order valence-corrected chi connectivity index (χ1v) is 11.7. The first kappa shape index (κ1) is 28.7. The molecule has 1 aliphatic rings. The Morgan fingerprint density at radius 3 is 2.46 bits per heavy atom. The fourth-order valence-electron chi connectivity index (χ4n) is 3.72. The second kappa shape index (κ2) is 11.8. The van der Waals surface area contributed by atoms with Crippen molar-refractivity contribution in [3.63, 3.8) is 0 Å². The van der Waals surface area contributed by atoms with Crippen LogP contribution in [0.2, 0.25) is 0 Å². The highest BCUT2D eigenvalue weighted by molar-refractivity contribution is 5.91. The normalized spacial score (nSPS) is 14.2. The van der Waals surface area contributed by atoms with Crippen LogP contribution in [-0.2, 0) is 4.79 Å². The number of imidazole rings is 1. The third kappa shape index (κ3) is 7.01. The molecule has 0 spiro atoms. The van der Waals surface area contributed by atoms with Gasteiger partial charge in [0.05, 0.1) is 12.2 Å². The first-order chi connectivity index (χ1) is 19.4. The maximum Gasteiger partial charge on any atom is 0.490 e. The molecule has 0 radical (unpaired) electrons. The Morgan fingerprint density at radius 1 is 1.07 bits per heavy atom. The number of fused-ring (bicyclic) bond motifs is 1. The quantitative estimate of drug-likeness (QED) is 0.251. The molecule has 210 valence electrons. The largest absolute Gasteiger partial charge is 0.490 e. The van der Waals surface area contributed by atoms with E-state index in [4.69, 9.17) is 9.90 Å². The minimum Gasteiger partial charge on any atom is -0.475 e. The minimum atomic E-state index is -5.08. The number of aromatic nitrogens is 3. The van der Waals surface area contributed by atoms with Gasteiger partial charge in [0.1, 0.15) is 17.3 Å². The fraction of sp³-hybridized carbons (Fsp3) is 0.148. The molecule has 0 aliphatic carbocycles. The monoisotopic (exact) mass is 570 g/mol. The Kier molecular flexibility index (Phi) is 8.27. The zero-order valence-corrected chi connectivity index (χ0v) is 21.0. The molecular weight excluding hydrogens is 551 g/mol. The molecule has 0 saturated carbocycles. The number of hydrogen-bond acceptors (Lipinski definition) is 5. The Labute approximate surface area is 228 Å². The van der Waals surface area contributed by atoms with E-state index < -0.39 is 35.9 Å². The second-order valence-electron chi connectivity index (χ2n) is 8.55. The summed E-state index contributed by atoms with van der Waals surface area (Å²) < 4.78 is 60.7. The van der Waals surface area contributed by atoms with Gasteiger partial charge in [-0.1, -0.05) is 12.0 Å². The number of carbonyl (C=O) groups excluding carboxylic acids is 1. The third-order valence-electron chi connectivity index (χ3n) is 5.64. The number of urea groups is 1. The van der Waals surface area contributed by atoms with Gasteiger partial charge in [0, 0.05) is 36.1 Å². The van der Waals surface area contributed by atoms with Gasteiger partial charge in [0.15, 0.2) is 5.65 Å². The van der Waals surface area contributed by atoms with Crippen molar-refractivity contribution >= 4 is 29.5 Å². The SMILES string of the molecule is Cc1ccc(NC(=O)N2N=CC[C@@H]2c2cc(F)cc(F)c2)cc1C#Cc1cnc2cccnn12.O=C(O)C(F)(F)F. The van der Waals surface area contributed by atoms with E-state index in [2.05, 4.69) is 32.3 Å². The summed E-state index contributed by atoms with van der Waals surface area (Å²) in [7, 11) is 0. The number of halogens is 5. The number of aryl methyl sites for hydroxylation is 1.